The lowest BCUT2D eigenvalue weighted by molar-refractivity contribution is 0.486. The topological polar surface area (TPSA) is 55.4 Å². The quantitative estimate of drug-likeness (QED) is 0.872. The summed E-state index contributed by atoms with van der Waals surface area (Å²) in [6.45, 7) is 5.93. The van der Waals surface area contributed by atoms with Crippen molar-refractivity contribution in [3.8, 4) is 5.75 Å². The van der Waals surface area contributed by atoms with Crippen LogP contribution in [0.15, 0.2) is 53.4 Å². The molecule has 0 atom stereocenters. The van der Waals surface area contributed by atoms with Gasteiger partial charge in [-0.3, -0.25) is 0 Å². The molecule has 114 valence electrons. The second-order valence-electron chi connectivity index (χ2n) is 4.13. The predicted octanol–water partition coefficient (Wildman–Crippen LogP) is 3.83. The highest BCUT2D eigenvalue weighted by molar-refractivity contribution is 7.87. The van der Waals surface area contributed by atoms with Crippen molar-refractivity contribution in [2.24, 2.45) is 0 Å². The van der Waals surface area contributed by atoms with E-state index in [4.69, 9.17) is 4.18 Å². The third-order valence-corrected chi connectivity index (χ3v) is 3.88. The van der Waals surface area contributed by atoms with E-state index >= 15 is 0 Å². The third kappa shape index (κ3) is 4.79. The SMILES string of the molecule is CC.CNc1cccc(S(=O)(=O)Oc2ccc(C)cc2)c1. The Morgan fingerprint density at radius 2 is 1.62 bits per heavy atom. The molecular formula is C16H21NO3S. The number of nitrogens with one attached hydrogen (secondary N) is 1. The highest BCUT2D eigenvalue weighted by Gasteiger charge is 2.16. The summed E-state index contributed by atoms with van der Waals surface area (Å²) in [7, 11) is -2.07. The molecule has 0 bridgehead atoms. The van der Waals surface area contributed by atoms with Crippen molar-refractivity contribution in [3.05, 3.63) is 54.1 Å². The number of hydrogen-bond donors (Lipinski definition) is 1. The van der Waals surface area contributed by atoms with Gasteiger partial charge in [0.15, 0.2) is 0 Å². The van der Waals surface area contributed by atoms with Gasteiger partial charge >= 0.3 is 10.1 Å². The van der Waals surface area contributed by atoms with Crippen LogP contribution in [-0.4, -0.2) is 15.5 Å². The minimum absolute atomic E-state index is 0.125. The van der Waals surface area contributed by atoms with E-state index in [0.29, 0.717) is 11.4 Å². The second kappa shape index (κ2) is 7.69. The zero-order chi connectivity index (χ0) is 15.9. The fraction of sp³-hybridized carbons (Fsp3) is 0.250. The van der Waals surface area contributed by atoms with Gasteiger partial charge < -0.3 is 9.50 Å². The summed E-state index contributed by atoms with van der Waals surface area (Å²) in [6, 6.07) is 13.4. The van der Waals surface area contributed by atoms with Gasteiger partial charge in [-0.25, -0.2) is 0 Å². The smallest absolute Gasteiger partial charge is 0.339 e. The summed E-state index contributed by atoms with van der Waals surface area (Å²) < 4.78 is 29.3. The zero-order valence-corrected chi connectivity index (χ0v) is 13.6. The zero-order valence-electron chi connectivity index (χ0n) is 12.8. The molecule has 0 saturated carbocycles. The molecule has 0 amide bonds. The van der Waals surface area contributed by atoms with Crippen molar-refractivity contribution < 1.29 is 12.6 Å². The molecular weight excluding hydrogens is 286 g/mol. The van der Waals surface area contributed by atoms with Crippen molar-refractivity contribution in [1.29, 1.82) is 0 Å². The van der Waals surface area contributed by atoms with Crippen LogP contribution in [0.1, 0.15) is 19.4 Å². The molecule has 2 rings (SSSR count). The number of anilines is 1. The van der Waals surface area contributed by atoms with Gasteiger partial charge in [0.05, 0.1) is 0 Å². The molecule has 0 spiro atoms. The normalized spacial score (nSPS) is 10.3. The lowest BCUT2D eigenvalue weighted by Gasteiger charge is -2.08. The Kier molecular flexibility index (Phi) is 6.24. The number of aryl methyl sites for hydroxylation is 1. The van der Waals surface area contributed by atoms with E-state index in [2.05, 4.69) is 5.32 Å². The maximum atomic E-state index is 12.1. The molecule has 5 heteroatoms. The maximum absolute atomic E-state index is 12.1. The molecule has 0 aliphatic rings. The van der Waals surface area contributed by atoms with E-state index in [-0.39, 0.29) is 4.90 Å². The fourth-order valence-electron chi connectivity index (χ4n) is 1.58. The predicted molar refractivity (Wildman–Crippen MR) is 86.3 cm³/mol. The molecule has 0 aliphatic carbocycles. The van der Waals surface area contributed by atoms with Crippen LogP contribution in [0.3, 0.4) is 0 Å². The summed E-state index contributed by atoms with van der Waals surface area (Å²) in [5.41, 5.74) is 1.76. The lowest BCUT2D eigenvalue weighted by Crippen LogP contribution is -2.10. The lowest BCUT2D eigenvalue weighted by atomic mass is 10.2. The van der Waals surface area contributed by atoms with Gasteiger partial charge in [-0.15, -0.1) is 0 Å². The highest BCUT2D eigenvalue weighted by Crippen LogP contribution is 2.21. The van der Waals surface area contributed by atoms with Gasteiger partial charge in [-0.1, -0.05) is 37.6 Å². The van der Waals surface area contributed by atoms with E-state index in [9.17, 15) is 8.42 Å². The van der Waals surface area contributed by atoms with Crippen molar-refractivity contribution >= 4 is 15.8 Å². The third-order valence-electron chi connectivity index (χ3n) is 2.64. The average Bonchev–Trinajstić information content (AvgIpc) is 2.51. The molecule has 2 aromatic carbocycles. The minimum Gasteiger partial charge on any atom is -0.388 e. The molecule has 2 aromatic rings. The molecule has 0 unspecified atom stereocenters. The van der Waals surface area contributed by atoms with Gasteiger partial charge in [-0.2, -0.15) is 8.42 Å². The Bertz CT molecular complexity index is 664. The summed E-state index contributed by atoms with van der Waals surface area (Å²) in [6.07, 6.45) is 0. The first kappa shape index (κ1) is 17.0. The average molecular weight is 307 g/mol. The van der Waals surface area contributed by atoms with E-state index in [1.807, 2.05) is 20.8 Å². The Balaban J connectivity index is 0.00000106. The number of benzene rings is 2. The summed E-state index contributed by atoms with van der Waals surface area (Å²) in [4.78, 5) is 0.125. The van der Waals surface area contributed by atoms with E-state index in [0.717, 1.165) is 5.56 Å². The van der Waals surface area contributed by atoms with Gasteiger partial charge in [0.25, 0.3) is 0 Å². The van der Waals surface area contributed by atoms with Crippen LogP contribution in [0.5, 0.6) is 5.75 Å². The molecule has 0 heterocycles. The molecule has 0 aliphatic heterocycles. The fourth-order valence-corrected chi connectivity index (χ4v) is 2.55. The second-order valence-corrected chi connectivity index (χ2v) is 5.67. The molecule has 0 radical (unpaired) electrons. The van der Waals surface area contributed by atoms with Crippen molar-refractivity contribution in [2.45, 2.75) is 25.7 Å². The van der Waals surface area contributed by atoms with E-state index in [1.165, 1.54) is 12.1 Å². The molecule has 0 saturated heterocycles. The van der Waals surface area contributed by atoms with Crippen LogP contribution in [0.25, 0.3) is 0 Å². The van der Waals surface area contributed by atoms with E-state index < -0.39 is 10.1 Å². The molecule has 0 fully saturated rings. The van der Waals surface area contributed by atoms with Crippen molar-refractivity contribution in [2.75, 3.05) is 12.4 Å². The number of rotatable bonds is 4. The minimum atomic E-state index is -3.80. The first-order chi connectivity index (χ1) is 10.0. The van der Waals surface area contributed by atoms with Crippen LogP contribution in [0.2, 0.25) is 0 Å². The van der Waals surface area contributed by atoms with Gasteiger partial charge in [0.1, 0.15) is 10.6 Å². The molecule has 4 nitrogen and oxygen atoms in total. The summed E-state index contributed by atoms with van der Waals surface area (Å²) in [5, 5.41) is 2.89. The van der Waals surface area contributed by atoms with Crippen molar-refractivity contribution in [3.63, 3.8) is 0 Å². The van der Waals surface area contributed by atoms with E-state index in [1.54, 1.807) is 43.4 Å². The first-order valence-electron chi connectivity index (χ1n) is 6.80. The Morgan fingerprint density at radius 3 is 2.19 bits per heavy atom. The van der Waals surface area contributed by atoms with Crippen LogP contribution < -0.4 is 9.50 Å². The molecule has 21 heavy (non-hydrogen) atoms. The highest BCUT2D eigenvalue weighted by atomic mass is 32.2. The van der Waals surface area contributed by atoms with Gasteiger partial charge in [-0.05, 0) is 37.3 Å². The molecule has 1 N–H and O–H groups in total. The van der Waals surface area contributed by atoms with Gasteiger partial charge in [0.2, 0.25) is 0 Å². The standard InChI is InChI=1S/C14H15NO3S.C2H6/c1-11-6-8-13(9-7-11)18-19(16,17)14-5-3-4-12(10-14)15-2;1-2/h3-10,15H,1-2H3;1-2H3. The Labute approximate surface area is 126 Å². The number of hydrogen-bond acceptors (Lipinski definition) is 4. The van der Waals surface area contributed by atoms with Crippen LogP contribution >= 0.6 is 0 Å². The monoisotopic (exact) mass is 307 g/mol. The van der Waals surface area contributed by atoms with Crippen LogP contribution in [0.4, 0.5) is 5.69 Å². The van der Waals surface area contributed by atoms with Crippen LogP contribution in [-0.2, 0) is 10.1 Å². The Morgan fingerprint density at radius 1 is 1.00 bits per heavy atom. The molecule has 0 aromatic heterocycles. The van der Waals surface area contributed by atoms with Gasteiger partial charge in [0, 0.05) is 12.7 Å². The maximum Gasteiger partial charge on any atom is 0.339 e. The summed E-state index contributed by atoms with van der Waals surface area (Å²) in [5.74, 6) is 0.306. The largest absolute Gasteiger partial charge is 0.388 e. The van der Waals surface area contributed by atoms with Crippen molar-refractivity contribution in [1.82, 2.24) is 0 Å². The van der Waals surface area contributed by atoms with Crippen LogP contribution in [0, 0.1) is 6.92 Å². The Hall–Kier alpha value is -2.01. The first-order valence-corrected chi connectivity index (χ1v) is 8.21. The summed E-state index contributed by atoms with van der Waals surface area (Å²) >= 11 is 0.